The Morgan fingerprint density at radius 1 is 1.10 bits per heavy atom. The number of piperidine rings is 1. The molecule has 0 bridgehead atoms. The summed E-state index contributed by atoms with van der Waals surface area (Å²) < 4.78 is 45.4. The lowest BCUT2D eigenvalue weighted by Gasteiger charge is -2.22. The summed E-state index contributed by atoms with van der Waals surface area (Å²) in [4.78, 5) is 0. The van der Waals surface area contributed by atoms with E-state index >= 15 is 0 Å². The van der Waals surface area contributed by atoms with E-state index in [1.165, 1.54) is 25.0 Å². The van der Waals surface area contributed by atoms with Gasteiger partial charge in [-0.1, -0.05) is 12.1 Å². The Balaban J connectivity index is 1.66. The van der Waals surface area contributed by atoms with Gasteiger partial charge in [-0.25, -0.2) is 0 Å². The Bertz CT molecular complexity index is 414. The maximum Gasteiger partial charge on any atom is 0.573 e. The van der Waals surface area contributed by atoms with E-state index in [2.05, 4.69) is 10.1 Å². The molecule has 1 fully saturated rings. The Morgan fingerprint density at radius 2 is 1.76 bits per heavy atom. The quantitative estimate of drug-likeness (QED) is 0.816. The predicted octanol–water partition coefficient (Wildman–Crippen LogP) is 3.49. The van der Waals surface area contributed by atoms with Crippen LogP contribution in [-0.2, 0) is 11.3 Å². The van der Waals surface area contributed by atoms with Crippen molar-refractivity contribution < 1.29 is 22.6 Å². The van der Waals surface area contributed by atoms with Gasteiger partial charge in [0.25, 0.3) is 0 Å². The highest BCUT2D eigenvalue weighted by molar-refractivity contribution is 5.27. The van der Waals surface area contributed by atoms with Crippen molar-refractivity contribution in [3.8, 4) is 5.75 Å². The van der Waals surface area contributed by atoms with Gasteiger partial charge in [0, 0.05) is 6.61 Å². The van der Waals surface area contributed by atoms with Gasteiger partial charge in [0.2, 0.25) is 0 Å². The van der Waals surface area contributed by atoms with Crippen LogP contribution in [0.2, 0.25) is 0 Å². The minimum atomic E-state index is -4.65. The van der Waals surface area contributed by atoms with Gasteiger partial charge in [-0.15, -0.1) is 13.2 Å². The van der Waals surface area contributed by atoms with E-state index in [4.69, 9.17) is 4.74 Å². The average molecular weight is 303 g/mol. The molecule has 1 aromatic carbocycles. The first-order chi connectivity index (χ1) is 10.0. The molecule has 0 radical (unpaired) electrons. The number of hydrogen-bond donors (Lipinski definition) is 1. The minimum absolute atomic E-state index is 0.207. The Kier molecular flexibility index (Phi) is 5.87. The SMILES string of the molecule is FC(F)(F)Oc1ccc(COCCC2CCNCC2)cc1. The van der Waals surface area contributed by atoms with Crippen molar-refractivity contribution in [2.45, 2.75) is 32.2 Å². The van der Waals surface area contributed by atoms with Gasteiger partial charge in [0.05, 0.1) is 6.61 Å². The van der Waals surface area contributed by atoms with Crippen molar-refractivity contribution in [1.29, 1.82) is 0 Å². The first-order valence-electron chi connectivity index (χ1n) is 7.16. The number of halogens is 3. The smallest absolute Gasteiger partial charge is 0.406 e. The Labute approximate surface area is 122 Å². The molecular weight excluding hydrogens is 283 g/mol. The molecule has 118 valence electrons. The predicted molar refractivity (Wildman–Crippen MR) is 73.0 cm³/mol. The van der Waals surface area contributed by atoms with E-state index in [1.54, 1.807) is 12.1 Å². The van der Waals surface area contributed by atoms with Gasteiger partial charge < -0.3 is 14.8 Å². The van der Waals surface area contributed by atoms with Crippen molar-refractivity contribution in [3.05, 3.63) is 29.8 Å². The van der Waals surface area contributed by atoms with E-state index in [1.807, 2.05) is 0 Å². The van der Waals surface area contributed by atoms with Gasteiger partial charge in [-0.3, -0.25) is 0 Å². The van der Waals surface area contributed by atoms with Crippen molar-refractivity contribution in [2.24, 2.45) is 5.92 Å². The summed E-state index contributed by atoms with van der Waals surface area (Å²) in [7, 11) is 0. The number of alkyl halides is 3. The van der Waals surface area contributed by atoms with Gasteiger partial charge in [0.1, 0.15) is 5.75 Å². The van der Waals surface area contributed by atoms with Crippen molar-refractivity contribution >= 4 is 0 Å². The van der Waals surface area contributed by atoms with Crippen LogP contribution < -0.4 is 10.1 Å². The zero-order chi connectivity index (χ0) is 15.1. The van der Waals surface area contributed by atoms with Gasteiger partial charge in [-0.2, -0.15) is 0 Å². The lowest BCUT2D eigenvalue weighted by atomic mass is 9.95. The van der Waals surface area contributed by atoms with E-state index < -0.39 is 6.36 Å². The summed E-state index contributed by atoms with van der Waals surface area (Å²) in [6.07, 6.45) is -1.23. The van der Waals surface area contributed by atoms with Gasteiger partial charge >= 0.3 is 6.36 Å². The number of hydrogen-bond acceptors (Lipinski definition) is 3. The Hall–Kier alpha value is -1.27. The molecule has 0 spiro atoms. The summed E-state index contributed by atoms with van der Waals surface area (Å²) in [6, 6.07) is 5.79. The van der Waals surface area contributed by atoms with Crippen molar-refractivity contribution in [3.63, 3.8) is 0 Å². The highest BCUT2D eigenvalue weighted by Crippen LogP contribution is 2.23. The van der Waals surface area contributed by atoms with E-state index in [9.17, 15) is 13.2 Å². The monoisotopic (exact) mass is 303 g/mol. The number of benzene rings is 1. The third kappa shape index (κ3) is 6.35. The maximum atomic E-state index is 12.0. The molecule has 2 rings (SSSR count). The second-order valence-electron chi connectivity index (χ2n) is 5.23. The van der Waals surface area contributed by atoms with Crippen LogP contribution in [0.4, 0.5) is 13.2 Å². The largest absolute Gasteiger partial charge is 0.573 e. The summed E-state index contributed by atoms with van der Waals surface area (Å²) >= 11 is 0. The molecule has 0 saturated carbocycles. The average Bonchev–Trinajstić information content (AvgIpc) is 2.45. The molecule has 1 N–H and O–H groups in total. The van der Waals surface area contributed by atoms with Crippen LogP contribution in [0.15, 0.2) is 24.3 Å². The van der Waals surface area contributed by atoms with Crippen LogP contribution in [0.3, 0.4) is 0 Å². The molecule has 1 aliphatic rings. The van der Waals surface area contributed by atoms with Gasteiger partial charge in [0.15, 0.2) is 0 Å². The number of ether oxygens (including phenoxy) is 2. The molecule has 1 saturated heterocycles. The number of rotatable bonds is 6. The van der Waals surface area contributed by atoms with E-state index in [-0.39, 0.29) is 5.75 Å². The molecule has 0 aliphatic carbocycles. The fourth-order valence-electron chi connectivity index (χ4n) is 2.40. The van der Waals surface area contributed by atoms with Crippen molar-refractivity contribution in [1.82, 2.24) is 5.32 Å². The summed E-state index contributed by atoms with van der Waals surface area (Å²) in [6.45, 7) is 3.25. The minimum Gasteiger partial charge on any atom is -0.406 e. The molecule has 6 heteroatoms. The van der Waals surface area contributed by atoms with Gasteiger partial charge in [-0.05, 0) is 56.0 Å². The second-order valence-corrected chi connectivity index (χ2v) is 5.23. The zero-order valence-corrected chi connectivity index (χ0v) is 11.8. The molecule has 3 nitrogen and oxygen atoms in total. The first kappa shape index (κ1) is 16.1. The normalized spacial score (nSPS) is 16.9. The highest BCUT2D eigenvalue weighted by atomic mass is 19.4. The second kappa shape index (κ2) is 7.66. The highest BCUT2D eigenvalue weighted by Gasteiger charge is 2.30. The van der Waals surface area contributed by atoms with Crippen LogP contribution in [0.1, 0.15) is 24.8 Å². The lowest BCUT2D eigenvalue weighted by Crippen LogP contribution is -2.28. The zero-order valence-electron chi connectivity index (χ0n) is 11.8. The lowest BCUT2D eigenvalue weighted by molar-refractivity contribution is -0.274. The third-order valence-electron chi connectivity index (χ3n) is 3.55. The van der Waals surface area contributed by atoms with Crippen molar-refractivity contribution in [2.75, 3.05) is 19.7 Å². The molecule has 1 heterocycles. The molecule has 1 aliphatic heterocycles. The molecule has 1 aromatic rings. The standard InChI is InChI=1S/C15H20F3NO2/c16-15(17,18)21-14-3-1-13(2-4-14)11-20-10-7-12-5-8-19-9-6-12/h1-4,12,19H,5-11H2. The Morgan fingerprint density at radius 3 is 2.38 bits per heavy atom. The van der Waals surface area contributed by atoms with Crippen LogP contribution in [-0.4, -0.2) is 26.1 Å². The fraction of sp³-hybridized carbons (Fsp3) is 0.600. The topological polar surface area (TPSA) is 30.5 Å². The number of nitrogens with one attached hydrogen (secondary N) is 1. The van der Waals surface area contributed by atoms with Crippen LogP contribution in [0, 0.1) is 5.92 Å². The summed E-state index contributed by atoms with van der Waals surface area (Å²) in [5, 5.41) is 3.32. The molecule has 0 atom stereocenters. The van der Waals surface area contributed by atoms with Crippen LogP contribution >= 0.6 is 0 Å². The first-order valence-corrected chi connectivity index (χ1v) is 7.16. The fourth-order valence-corrected chi connectivity index (χ4v) is 2.40. The molecule has 0 aromatic heterocycles. The van der Waals surface area contributed by atoms with Crippen LogP contribution in [0.5, 0.6) is 5.75 Å². The van der Waals surface area contributed by atoms with E-state index in [0.717, 1.165) is 25.1 Å². The van der Waals surface area contributed by atoms with Crippen LogP contribution in [0.25, 0.3) is 0 Å². The molecule has 21 heavy (non-hydrogen) atoms. The maximum absolute atomic E-state index is 12.0. The summed E-state index contributed by atoms with van der Waals surface area (Å²) in [5.74, 6) is 0.509. The summed E-state index contributed by atoms with van der Waals surface area (Å²) in [5.41, 5.74) is 0.842. The molecular formula is C15H20F3NO2. The molecule has 0 unspecified atom stereocenters. The van der Waals surface area contributed by atoms with E-state index in [0.29, 0.717) is 19.1 Å². The molecule has 0 amide bonds. The third-order valence-corrected chi connectivity index (χ3v) is 3.55.